The van der Waals surface area contributed by atoms with Crippen molar-refractivity contribution in [3.05, 3.63) is 29.8 Å². The molecule has 106 valence electrons. The molecular weight excluding hydrogens is 278 g/mol. The van der Waals surface area contributed by atoms with Crippen molar-refractivity contribution in [3.8, 4) is 0 Å². The van der Waals surface area contributed by atoms with Crippen LogP contribution in [0.5, 0.6) is 0 Å². The van der Waals surface area contributed by atoms with Gasteiger partial charge in [0.15, 0.2) is 0 Å². The van der Waals surface area contributed by atoms with Crippen molar-refractivity contribution in [2.75, 3.05) is 23.0 Å². The van der Waals surface area contributed by atoms with Gasteiger partial charge in [-0.3, -0.25) is 4.90 Å². The van der Waals surface area contributed by atoms with Gasteiger partial charge in [-0.2, -0.15) is 11.8 Å². The van der Waals surface area contributed by atoms with E-state index >= 15 is 0 Å². The molecule has 1 aromatic rings. The topological polar surface area (TPSA) is 66.8 Å². The third-order valence-electron chi connectivity index (χ3n) is 3.80. The number of hydrogen-bond acceptors (Lipinski definition) is 4. The Labute approximate surface area is 120 Å². The Morgan fingerprint density at radius 3 is 2.50 bits per heavy atom. The van der Waals surface area contributed by atoms with Gasteiger partial charge in [0.2, 0.25) is 0 Å². The highest BCUT2D eigenvalue weighted by Crippen LogP contribution is 2.37. The number of nitrogens with zero attached hydrogens (tertiary/aromatic N) is 1. The summed E-state index contributed by atoms with van der Waals surface area (Å²) in [4.78, 5) is 24.5. The van der Waals surface area contributed by atoms with Crippen molar-refractivity contribution in [2.24, 2.45) is 0 Å². The first-order valence-electron chi connectivity index (χ1n) is 6.51. The molecule has 0 radical (unpaired) electrons. The van der Waals surface area contributed by atoms with E-state index in [4.69, 9.17) is 9.84 Å². The number of carboxylic acid groups (broad SMARTS) is 1. The van der Waals surface area contributed by atoms with E-state index in [-0.39, 0.29) is 17.3 Å². The van der Waals surface area contributed by atoms with Crippen LogP contribution in [-0.4, -0.2) is 40.8 Å². The van der Waals surface area contributed by atoms with Crippen LogP contribution in [0.25, 0.3) is 0 Å². The maximum absolute atomic E-state index is 12.0. The van der Waals surface area contributed by atoms with Crippen LogP contribution in [0.1, 0.15) is 23.2 Å². The summed E-state index contributed by atoms with van der Waals surface area (Å²) in [6, 6.07) is 6.32. The van der Waals surface area contributed by atoms with Crippen molar-refractivity contribution >= 4 is 29.5 Å². The first-order chi connectivity index (χ1) is 9.60. The van der Waals surface area contributed by atoms with E-state index in [1.54, 1.807) is 17.0 Å². The number of carboxylic acids is 1. The zero-order valence-electron chi connectivity index (χ0n) is 10.9. The average Bonchev–Trinajstić information content (AvgIpc) is 2.76. The Morgan fingerprint density at radius 2 is 1.90 bits per heavy atom. The van der Waals surface area contributed by atoms with Crippen LogP contribution in [0.15, 0.2) is 24.3 Å². The highest BCUT2D eigenvalue weighted by Gasteiger charge is 2.46. The lowest BCUT2D eigenvalue weighted by molar-refractivity contribution is 0.0502. The number of thioether (sulfide) groups is 1. The molecule has 2 aliphatic rings. The van der Waals surface area contributed by atoms with Gasteiger partial charge in [-0.25, -0.2) is 9.59 Å². The second-order valence-electron chi connectivity index (χ2n) is 5.10. The van der Waals surface area contributed by atoms with Crippen LogP contribution in [0.4, 0.5) is 10.5 Å². The highest BCUT2D eigenvalue weighted by atomic mass is 32.2. The first-order valence-corrected chi connectivity index (χ1v) is 7.67. The average molecular weight is 293 g/mol. The van der Waals surface area contributed by atoms with Gasteiger partial charge < -0.3 is 9.84 Å². The van der Waals surface area contributed by atoms with Gasteiger partial charge in [-0.1, -0.05) is 0 Å². The van der Waals surface area contributed by atoms with Gasteiger partial charge in [0.1, 0.15) is 5.60 Å². The molecule has 1 spiro atoms. The second-order valence-corrected chi connectivity index (χ2v) is 6.33. The predicted molar refractivity (Wildman–Crippen MR) is 76.5 cm³/mol. The maximum atomic E-state index is 12.0. The number of rotatable bonds is 2. The predicted octanol–water partition coefficient (Wildman–Crippen LogP) is 2.61. The van der Waals surface area contributed by atoms with Crippen molar-refractivity contribution < 1.29 is 19.4 Å². The molecule has 5 nitrogen and oxygen atoms in total. The zero-order valence-corrected chi connectivity index (χ0v) is 11.7. The summed E-state index contributed by atoms with van der Waals surface area (Å²) in [5, 5.41) is 8.88. The smallest absolute Gasteiger partial charge is 0.415 e. The van der Waals surface area contributed by atoms with Crippen LogP contribution in [0.3, 0.4) is 0 Å². The molecule has 6 heteroatoms. The third-order valence-corrected chi connectivity index (χ3v) is 4.79. The molecule has 0 aliphatic carbocycles. The van der Waals surface area contributed by atoms with Crippen LogP contribution in [0, 0.1) is 0 Å². The largest absolute Gasteiger partial charge is 0.478 e. The number of benzene rings is 1. The van der Waals surface area contributed by atoms with Gasteiger partial charge >= 0.3 is 12.1 Å². The lowest BCUT2D eigenvalue weighted by atomic mass is 9.97. The summed E-state index contributed by atoms with van der Waals surface area (Å²) >= 11 is 1.88. The van der Waals surface area contributed by atoms with Gasteiger partial charge in [0.05, 0.1) is 12.1 Å². The summed E-state index contributed by atoms with van der Waals surface area (Å²) in [5.41, 5.74) is 0.550. The third kappa shape index (κ3) is 2.35. The molecule has 2 aliphatic heterocycles. The Morgan fingerprint density at radius 1 is 1.25 bits per heavy atom. The fraction of sp³-hybridized carbons (Fsp3) is 0.429. The van der Waals surface area contributed by atoms with E-state index in [1.807, 2.05) is 11.8 Å². The molecule has 0 bridgehead atoms. The molecule has 0 aromatic heterocycles. The van der Waals surface area contributed by atoms with Gasteiger partial charge in [0, 0.05) is 5.69 Å². The molecule has 20 heavy (non-hydrogen) atoms. The number of amides is 1. The Kier molecular flexibility index (Phi) is 3.33. The lowest BCUT2D eigenvalue weighted by Gasteiger charge is -2.30. The number of hydrogen-bond donors (Lipinski definition) is 1. The number of carbonyl (C=O) groups is 2. The summed E-state index contributed by atoms with van der Waals surface area (Å²) in [5.74, 6) is 1.05. The van der Waals surface area contributed by atoms with E-state index in [0.717, 1.165) is 24.3 Å². The van der Waals surface area contributed by atoms with Crippen LogP contribution in [0.2, 0.25) is 0 Å². The van der Waals surface area contributed by atoms with Gasteiger partial charge in [-0.05, 0) is 48.6 Å². The SMILES string of the molecule is O=C(O)c1ccc(N2CC3(CCSCC3)OC2=O)cc1. The Bertz CT molecular complexity index is 537. The van der Waals surface area contributed by atoms with E-state index < -0.39 is 5.97 Å². The number of aromatic carboxylic acids is 1. The van der Waals surface area contributed by atoms with Crippen molar-refractivity contribution in [2.45, 2.75) is 18.4 Å². The Hall–Kier alpha value is -1.69. The van der Waals surface area contributed by atoms with Gasteiger partial charge in [0.25, 0.3) is 0 Å². The number of ether oxygens (including phenoxy) is 1. The number of carbonyl (C=O) groups excluding carboxylic acids is 1. The summed E-state index contributed by atoms with van der Waals surface area (Å²) in [7, 11) is 0. The minimum Gasteiger partial charge on any atom is -0.478 e. The fourth-order valence-corrected chi connectivity index (χ4v) is 3.85. The second kappa shape index (κ2) is 5.01. The minimum atomic E-state index is -0.971. The molecule has 1 N–H and O–H groups in total. The zero-order chi connectivity index (χ0) is 14.2. The summed E-state index contributed by atoms with van der Waals surface area (Å²) < 4.78 is 5.59. The molecule has 2 fully saturated rings. The highest BCUT2D eigenvalue weighted by molar-refractivity contribution is 7.99. The molecule has 3 rings (SSSR count). The monoisotopic (exact) mass is 293 g/mol. The molecular formula is C14H15NO4S. The molecule has 1 aromatic carbocycles. The molecule has 0 atom stereocenters. The fourth-order valence-electron chi connectivity index (χ4n) is 2.61. The molecule has 0 saturated carbocycles. The molecule has 2 saturated heterocycles. The van der Waals surface area contributed by atoms with E-state index in [0.29, 0.717) is 12.2 Å². The minimum absolute atomic E-state index is 0.213. The summed E-state index contributed by atoms with van der Waals surface area (Å²) in [6.07, 6.45) is 1.43. The van der Waals surface area contributed by atoms with Crippen molar-refractivity contribution in [1.82, 2.24) is 0 Å². The number of anilines is 1. The summed E-state index contributed by atoms with van der Waals surface area (Å²) in [6.45, 7) is 0.554. The standard InChI is InChI=1S/C14H15NO4S/c16-12(17)10-1-3-11(4-2-10)15-9-14(19-13(15)18)5-7-20-8-6-14/h1-4H,5-9H2,(H,16,17). The normalized spacial score (nSPS) is 21.0. The lowest BCUT2D eigenvalue weighted by Crippen LogP contribution is -2.38. The van der Waals surface area contributed by atoms with E-state index in [1.165, 1.54) is 12.1 Å². The van der Waals surface area contributed by atoms with E-state index in [9.17, 15) is 9.59 Å². The molecule has 2 heterocycles. The van der Waals surface area contributed by atoms with Crippen LogP contribution in [-0.2, 0) is 4.74 Å². The molecule has 0 unspecified atom stereocenters. The van der Waals surface area contributed by atoms with Crippen LogP contribution < -0.4 is 4.90 Å². The van der Waals surface area contributed by atoms with E-state index in [2.05, 4.69) is 0 Å². The van der Waals surface area contributed by atoms with Crippen molar-refractivity contribution in [1.29, 1.82) is 0 Å². The van der Waals surface area contributed by atoms with Crippen LogP contribution >= 0.6 is 11.8 Å². The first kappa shape index (κ1) is 13.3. The Balaban J connectivity index is 1.80. The molecule has 1 amide bonds. The van der Waals surface area contributed by atoms with Crippen molar-refractivity contribution in [3.63, 3.8) is 0 Å². The van der Waals surface area contributed by atoms with Gasteiger partial charge in [-0.15, -0.1) is 0 Å². The quantitative estimate of drug-likeness (QED) is 0.908. The maximum Gasteiger partial charge on any atom is 0.415 e.